The van der Waals surface area contributed by atoms with Crippen LogP contribution in [0, 0.1) is 5.92 Å². The van der Waals surface area contributed by atoms with Gasteiger partial charge >= 0.3 is 5.97 Å². The van der Waals surface area contributed by atoms with E-state index in [1.165, 1.54) is 7.11 Å². The molecule has 0 amide bonds. The molecular formula is C14H18BrNO4S. The van der Waals surface area contributed by atoms with E-state index in [9.17, 15) is 13.2 Å². The Morgan fingerprint density at radius 3 is 2.81 bits per heavy atom. The molecule has 1 N–H and O–H groups in total. The summed E-state index contributed by atoms with van der Waals surface area (Å²) in [6, 6.07) is 5.30. The first-order valence-electron chi connectivity index (χ1n) is 6.69. The highest BCUT2D eigenvalue weighted by Crippen LogP contribution is 2.20. The van der Waals surface area contributed by atoms with E-state index in [4.69, 9.17) is 0 Å². The molecular weight excluding hydrogens is 358 g/mol. The van der Waals surface area contributed by atoms with Gasteiger partial charge in [-0.1, -0.05) is 22.0 Å². The second kappa shape index (κ2) is 6.89. The number of carbonyl (C=O) groups is 1. The van der Waals surface area contributed by atoms with Crippen LogP contribution in [0.5, 0.6) is 0 Å². The van der Waals surface area contributed by atoms with E-state index in [0.29, 0.717) is 24.4 Å². The molecule has 7 heteroatoms. The first-order chi connectivity index (χ1) is 9.91. The van der Waals surface area contributed by atoms with Gasteiger partial charge in [0.25, 0.3) is 0 Å². The third-order valence-corrected chi connectivity index (χ3v) is 6.12. The minimum atomic E-state index is -2.82. The van der Waals surface area contributed by atoms with E-state index in [1.807, 2.05) is 6.07 Å². The lowest BCUT2D eigenvalue weighted by Crippen LogP contribution is -2.23. The number of halogens is 1. The number of nitrogens with one attached hydrogen (secondary N) is 1. The van der Waals surface area contributed by atoms with Gasteiger partial charge in [0.05, 0.1) is 24.2 Å². The number of ether oxygens (including phenoxy) is 1. The van der Waals surface area contributed by atoms with Crippen LogP contribution in [0.1, 0.15) is 22.3 Å². The van der Waals surface area contributed by atoms with Crippen molar-refractivity contribution in [3.63, 3.8) is 0 Å². The zero-order chi connectivity index (χ0) is 15.5. The van der Waals surface area contributed by atoms with Crippen molar-refractivity contribution in [2.45, 2.75) is 13.0 Å². The molecule has 0 aliphatic carbocycles. The maximum absolute atomic E-state index is 11.4. The highest BCUT2D eigenvalue weighted by atomic mass is 79.9. The monoisotopic (exact) mass is 375 g/mol. The van der Waals surface area contributed by atoms with Crippen molar-refractivity contribution in [3.05, 3.63) is 33.8 Å². The lowest BCUT2D eigenvalue weighted by atomic mass is 10.1. The highest BCUT2D eigenvalue weighted by molar-refractivity contribution is 9.10. The Balaban J connectivity index is 1.88. The molecule has 0 radical (unpaired) electrons. The van der Waals surface area contributed by atoms with Gasteiger partial charge in [0.1, 0.15) is 0 Å². The fourth-order valence-electron chi connectivity index (χ4n) is 2.38. The molecule has 1 unspecified atom stereocenters. The van der Waals surface area contributed by atoms with Crippen molar-refractivity contribution in [2.24, 2.45) is 5.92 Å². The normalized spacial score (nSPS) is 20.4. The minimum Gasteiger partial charge on any atom is -0.465 e. The predicted molar refractivity (Wildman–Crippen MR) is 83.9 cm³/mol. The van der Waals surface area contributed by atoms with Gasteiger partial charge in [-0.3, -0.25) is 0 Å². The summed E-state index contributed by atoms with van der Waals surface area (Å²) < 4.78 is 28.3. The standard InChI is InChI=1S/C14H18BrNO4S/c1-20-14(17)11-2-3-12(13(15)6-11)8-16-7-10-4-5-21(18,19)9-10/h2-3,6,10,16H,4-5,7-9H2,1H3. The highest BCUT2D eigenvalue weighted by Gasteiger charge is 2.27. The van der Waals surface area contributed by atoms with Gasteiger partial charge in [-0.05, 0) is 36.6 Å². The molecule has 1 aromatic carbocycles. The molecule has 21 heavy (non-hydrogen) atoms. The van der Waals surface area contributed by atoms with E-state index in [-0.39, 0.29) is 17.6 Å². The zero-order valence-electron chi connectivity index (χ0n) is 11.8. The summed E-state index contributed by atoms with van der Waals surface area (Å²) in [7, 11) is -1.47. The van der Waals surface area contributed by atoms with Crippen molar-refractivity contribution in [1.29, 1.82) is 0 Å². The number of benzene rings is 1. The van der Waals surface area contributed by atoms with Crippen LogP contribution >= 0.6 is 15.9 Å². The van der Waals surface area contributed by atoms with Gasteiger partial charge in [-0.25, -0.2) is 13.2 Å². The summed E-state index contributed by atoms with van der Waals surface area (Å²) in [6.45, 7) is 1.31. The average Bonchev–Trinajstić information content (AvgIpc) is 2.79. The summed E-state index contributed by atoms with van der Waals surface area (Å²) in [4.78, 5) is 11.4. The summed E-state index contributed by atoms with van der Waals surface area (Å²) >= 11 is 3.43. The lowest BCUT2D eigenvalue weighted by Gasteiger charge is -2.11. The molecule has 0 spiro atoms. The molecule has 1 aliphatic rings. The number of methoxy groups -OCH3 is 1. The number of esters is 1. The topological polar surface area (TPSA) is 72.5 Å². The van der Waals surface area contributed by atoms with Crippen molar-refractivity contribution >= 4 is 31.7 Å². The molecule has 2 rings (SSSR count). The fourth-order valence-corrected chi connectivity index (χ4v) is 4.76. The number of sulfone groups is 1. The van der Waals surface area contributed by atoms with Crippen molar-refractivity contribution in [1.82, 2.24) is 5.32 Å². The number of rotatable bonds is 5. The van der Waals surface area contributed by atoms with Crippen LogP contribution in [-0.2, 0) is 21.1 Å². The first-order valence-corrected chi connectivity index (χ1v) is 9.30. The molecule has 1 heterocycles. The lowest BCUT2D eigenvalue weighted by molar-refractivity contribution is 0.0600. The van der Waals surface area contributed by atoms with E-state index >= 15 is 0 Å². The quantitative estimate of drug-likeness (QED) is 0.793. The third-order valence-electron chi connectivity index (χ3n) is 3.55. The van der Waals surface area contributed by atoms with Crippen molar-refractivity contribution in [3.8, 4) is 0 Å². The maximum Gasteiger partial charge on any atom is 0.337 e. The van der Waals surface area contributed by atoms with Gasteiger partial charge in [-0.2, -0.15) is 0 Å². The van der Waals surface area contributed by atoms with Crippen molar-refractivity contribution < 1.29 is 17.9 Å². The van der Waals surface area contributed by atoms with E-state index in [0.717, 1.165) is 16.5 Å². The van der Waals surface area contributed by atoms with Gasteiger partial charge in [-0.15, -0.1) is 0 Å². The van der Waals surface area contributed by atoms with Gasteiger partial charge in [0.2, 0.25) is 0 Å². The number of carbonyl (C=O) groups excluding carboxylic acids is 1. The van der Waals surface area contributed by atoms with Gasteiger partial charge in [0.15, 0.2) is 9.84 Å². The van der Waals surface area contributed by atoms with Crippen molar-refractivity contribution in [2.75, 3.05) is 25.2 Å². The van der Waals surface area contributed by atoms with Crippen LogP contribution in [0.3, 0.4) is 0 Å². The molecule has 0 aromatic heterocycles. The Morgan fingerprint density at radius 1 is 1.48 bits per heavy atom. The van der Waals surface area contributed by atoms with E-state index < -0.39 is 9.84 Å². The maximum atomic E-state index is 11.4. The average molecular weight is 376 g/mol. The second-order valence-corrected chi connectivity index (χ2v) is 8.28. The first kappa shape index (κ1) is 16.5. The summed E-state index contributed by atoms with van der Waals surface area (Å²) in [5.74, 6) is 0.411. The minimum absolute atomic E-state index is 0.197. The van der Waals surface area contributed by atoms with Crippen LogP contribution in [-0.4, -0.2) is 39.5 Å². The molecule has 0 bridgehead atoms. The Kier molecular flexibility index (Phi) is 5.40. The van der Waals surface area contributed by atoms with Gasteiger partial charge in [0, 0.05) is 11.0 Å². The Morgan fingerprint density at radius 2 is 2.24 bits per heavy atom. The smallest absolute Gasteiger partial charge is 0.337 e. The van der Waals surface area contributed by atoms with Gasteiger partial charge < -0.3 is 10.1 Å². The Hall–Kier alpha value is -0.920. The Labute approximate surface area is 133 Å². The number of hydrogen-bond donors (Lipinski definition) is 1. The SMILES string of the molecule is COC(=O)c1ccc(CNCC2CCS(=O)(=O)C2)c(Br)c1. The largest absolute Gasteiger partial charge is 0.465 e. The summed E-state index contributed by atoms with van der Waals surface area (Å²) in [5.41, 5.74) is 1.51. The summed E-state index contributed by atoms with van der Waals surface area (Å²) in [6.07, 6.45) is 0.734. The molecule has 5 nitrogen and oxygen atoms in total. The van der Waals surface area contributed by atoms with E-state index in [2.05, 4.69) is 26.0 Å². The zero-order valence-corrected chi connectivity index (χ0v) is 14.2. The molecule has 116 valence electrons. The van der Waals surface area contributed by atoms with Crippen LogP contribution < -0.4 is 5.32 Å². The Bertz CT molecular complexity index is 630. The molecule has 1 aliphatic heterocycles. The molecule has 1 atom stereocenters. The third kappa shape index (κ3) is 4.52. The fraction of sp³-hybridized carbons (Fsp3) is 0.500. The molecule has 1 aromatic rings. The molecule has 0 saturated carbocycles. The van der Waals surface area contributed by atoms with Crippen LogP contribution in [0.15, 0.2) is 22.7 Å². The van der Waals surface area contributed by atoms with Crippen LogP contribution in [0.25, 0.3) is 0 Å². The summed E-state index contributed by atoms with van der Waals surface area (Å²) in [5, 5.41) is 3.27. The molecule has 1 fully saturated rings. The van der Waals surface area contributed by atoms with E-state index in [1.54, 1.807) is 12.1 Å². The van der Waals surface area contributed by atoms with Crippen LogP contribution in [0.2, 0.25) is 0 Å². The second-order valence-electron chi connectivity index (χ2n) is 5.20. The predicted octanol–water partition coefficient (Wildman–Crippen LogP) is 1.76. The number of hydrogen-bond acceptors (Lipinski definition) is 5. The van der Waals surface area contributed by atoms with Crippen LogP contribution in [0.4, 0.5) is 0 Å². The molecule has 1 saturated heterocycles.